The van der Waals surface area contributed by atoms with Crippen molar-refractivity contribution < 1.29 is 14.0 Å². The van der Waals surface area contributed by atoms with Gasteiger partial charge < -0.3 is 19.1 Å². The second-order valence-electron chi connectivity index (χ2n) is 5.87. The van der Waals surface area contributed by atoms with E-state index in [0.29, 0.717) is 48.7 Å². The first-order valence-electron chi connectivity index (χ1n) is 7.58. The van der Waals surface area contributed by atoms with Crippen molar-refractivity contribution in [3.05, 3.63) is 29.7 Å². The van der Waals surface area contributed by atoms with E-state index in [9.17, 15) is 9.59 Å². The first-order chi connectivity index (χ1) is 11.0. The molecule has 1 aliphatic rings. The molecule has 0 bridgehead atoms. The molecule has 0 radical (unpaired) electrons. The first-order valence-corrected chi connectivity index (χ1v) is 7.58. The van der Waals surface area contributed by atoms with Gasteiger partial charge in [-0.2, -0.15) is 0 Å². The molecule has 1 aliphatic heterocycles. The van der Waals surface area contributed by atoms with Gasteiger partial charge in [0.15, 0.2) is 11.5 Å². The van der Waals surface area contributed by atoms with Crippen LogP contribution in [0.25, 0.3) is 11.1 Å². The van der Waals surface area contributed by atoms with Crippen LogP contribution in [0.2, 0.25) is 0 Å². The van der Waals surface area contributed by atoms with Crippen molar-refractivity contribution in [1.82, 2.24) is 19.7 Å². The Morgan fingerprint density at radius 2 is 1.78 bits per heavy atom. The largest absolute Gasteiger partial charge is 0.441 e. The summed E-state index contributed by atoms with van der Waals surface area (Å²) in [5.74, 6) is 0.546. The lowest BCUT2D eigenvalue weighted by molar-refractivity contribution is 0.0650. The number of piperazine rings is 1. The Morgan fingerprint density at radius 1 is 1.13 bits per heavy atom. The lowest BCUT2D eigenvalue weighted by Gasteiger charge is -2.36. The number of hydrogen-bond donors (Lipinski definition) is 0. The van der Waals surface area contributed by atoms with Gasteiger partial charge in [0, 0.05) is 52.8 Å². The molecule has 0 N–H and O–H groups in total. The van der Waals surface area contributed by atoms with Gasteiger partial charge in [0.1, 0.15) is 5.52 Å². The number of benzene rings is 1. The van der Waals surface area contributed by atoms with E-state index in [1.807, 2.05) is 0 Å². The summed E-state index contributed by atoms with van der Waals surface area (Å²) in [7, 11) is 3.46. The van der Waals surface area contributed by atoms with Crippen LogP contribution in [0.4, 0.5) is 4.79 Å². The van der Waals surface area contributed by atoms with E-state index < -0.39 is 0 Å². The molecule has 0 unspecified atom stereocenters. The van der Waals surface area contributed by atoms with E-state index >= 15 is 0 Å². The molecule has 1 aromatic carbocycles. The topological polar surface area (TPSA) is 69.9 Å². The van der Waals surface area contributed by atoms with Gasteiger partial charge in [0.05, 0.1) is 0 Å². The van der Waals surface area contributed by atoms with Gasteiger partial charge in [-0.1, -0.05) is 0 Å². The number of rotatable bonds is 1. The third-order valence-electron chi connectivity index (χ3n) is 3.96. The van der Waals surface area contributed by atoms with Gasteiger partial charge in [-0.25, -0.2) is 9.78 Å². The number of aryl methyl sites for hydroxylation is 1. The number of aromatic nitrogens is 1. The normalized spacial score (nSPS) is 15.1. The van der Waals surface area contributed by atoms with Gasteiger partial charge in [0.25, 0.3) is 5.91 Å². The summed E-state index contributed by atoms with van der Waals surface area (Å²) >= 11 is 0. The number of fused-ring (bicyclic) bond motifs is 1. The highest BCUT2D eigenvalue weighted by Crippen LogP contribution is 2.18. The van der Waals surface area contributed by atoms with Crippen LogP contribution in [0, 0.1) is 6.92 Å². The molecule has 2 heterocycles. The molecule has 3 amide bonds. The molecule has 3 rings (SSSR count). The number of urea groups is 1. The zero-order chi connectivity index (χ0) is 16.6. The van der Waals surface area contributed by atoms with E-state index in [2.05, 4.69) is 4.98 Å². The van der Waals surface area contributed by atoms with Crippen LogP contribution >= 0.6 is 0 Å². The van der Waals surface area contributed by atoms with Crippen LogP contribution in [0.5, 0.6) is 0 Å². The van der Waals surface area contributed by atoms with Crippen LogP contribution < -0.4 is 0 Å². The molecular formula is C16H20N4O3. The van der Waals surface area contributed by atoms with Crippen molar-refractivity contribution in [2.24, 2.45) is 0 Å². The number of carbonyl (C=O) groups excluding carboxylic acids is 2. The summed E-state index contributed by atoms with van der Waals surface area (Å²) in [4.78, 5) is 33.9. The van der Waals surface area contributed by atoms with Gasteiger partial charge in [-0.3, -0.25) is 4.79 Å². The zero-order valence-electron chi connectivity index (χ0n) is 13.6. The SMILES string of the molecule is Cc1nc2cc(C(=O)N3CCN(C(=O)N(C)C)CC3)ccc2o1. The standard InChI is InChI=1S/C16H20N4O3/c1-11-17-13-10-12(4-5-14(13)23-11)15(21)19-6-8-20(9-7-19)16(22)18(2)3/h4-5,10H,6-9H2,1-3H3. The molecule has 1 saturated heterocycles. The minimum absolute atomic E-state index is 0.0170. The van der Waals surface area contributed by atoms with Crippen LogP contribution in [-0.2, 0) is 0 Å². The molecule has 0 saturated carbocycles. The van der Waals surface area contributed by atoms with Crippen molar-refractivity contribution in [3.8, 4) is 0 Å². The molecule has 122 valence electrons. The number of amides is 3. The fourth-order valence-electron chi connectivity index (χ4n) is 2.74. The van der Waals surface area contributed by atoms with Crippen molar-refractivity contribution in [3.63, 3.8) is 0 Å². The highest BCUT2D eigenvalue weighted by atomic mass is 16.3. The predicted molar refractivity (Wildman–Crippen MR) is 85.3 cm³/mol. The third-order valence-corrected chi connectivity index (χ3v) is 3.96. The molecule has 1 aromatic heterocycles. The minimum atomic E-state index is -0.0375. The quantitative estimate of drug-likeness (QED) is 0.801. The molecule has 23 heavy (non-hydrogen) atoms. The van der Waals surface area contributed by atoms with Crippen LogP contribution in [0.1, 0.15) is 16.2 Å². The molecule has 0 spiro atoms. The highest BCUT2D eigenvalue weighted by Gasteiger charge is 2.25. The van der Waals surface area contributed by atoms with Gasteiger partial charge in [-0.05, 0) is 18.2 Å². The van der Waals surface area contributed by atoms with Gasteiger partial charge in [-0.15, -0.1) is 0 Å². The maximum atomic E-state index is 12.6. The molecule has 1 fully saturated rings. The Morgan fingerprint density at radius 3 is 2.43 bits per heavy atom. The fourth-order valence-corrected chi connectivity index (χ4v) is 2.74. The van der Waals surface area contributed by atoms with Gasteiger partial charge in [0.2, 0.25) is 0 Å². The Bertz CT molecular complexity index is 745. The average Bonchev–Trinajstić information content (AvgIpc) is 2.92. The number of hydrogen-bond acceptors (Lipinski definition) is 4. The minimum Gasteiger partial charge on any atom is -0.441 e. The summed E-state index contributed by atoms with van der Waals surface area (Å²) in [5.41, 5.74) is 1.97. The average molecular weight is 316 g/mol. The maximum absolute atomic E-state index is 12.6. The van der Waals surface area contributed by atoms with Crippen molar-refractivity contribution >= 4 is 23.0 Å². The molecule has 2 aromatic rings. The highest BCUT2D eigenvalue weighted by molar-refractivity contribution is 5.97. The fraction of sp³-hybridized carbons (Fsp3) is 0.438. The number of oxazole rings is 1. The Kier molecular flexibility index (Phi) is 3.94. The molecular weight excluding hydrogens is 296 g/mol. The van der Waals surface area contributed by atoms with Crippen molar-refractivity contribution in [2.45, 2.75) is 6.92 Å². The maximum Gasteiger partial charge on any atom is 0.319 e. The second-order valence-corrected chi connectivity index (χ2v) is 5.87. The summed E-state index contributed by atoms with van der Waals surface area (Å²) in [6.07, 6.45) is 0. The summed E-state index contributed by atoms with van der Waals surface area (Å²) in [5, 5.41) is 0. The number of nitrogens with zero attached hydrogens (tertiary/aromatic N) is 4. The molecule has 7 nitrogen and oxygen atoms in total. The Balaban J connectivity index is 1.69. The van der Waals surface area contributed by atoms with Crippen LogP contribution in [0.3, 0.4) is 0 Å². The molecule has 0 aliphatic carbocycles. The van der Waals surface area contributed by atoms with Gasteiger partial charge >= 0.3 is 6.03 Å². The van der Waals surface area contributed by atoms with E-state index in [4.69, 9.17) is 4.42 Å². The van der Waals surface area contributed by atoms with E-state index in [0.717, 1.165) is 0 Å². The smallest absolute Gasteiger partial charge is 0.319 e. The van der Waals surface area contributed by atoms with E-state index in [-0.39, 0.29) is 11.9 Å². The molecule has 0 atom stereocenters. The Hall–Kier alpha value is -2.57. The Labute approximate surface area is 134 Å². The van der Waals surface area contributed by atoms with Crippen LogP contribution in [0.15, 0.2) is 22.6 Å². The summed E-state index contributed by atoms with van der Waals surface area (Å²) in [6, 6.07) is 5.27. The zero-order valence-corrected chi connectivity index (χ0v) is 13.6. The third kappa shape index (κ3) is 2.99. The molecule has 7 heteroatoms. The van der Waals surface area contributed by atoms with E-state index in [1.54, 1.807) is 53.9 Å². The number of carbonyl (C=O) groups is 2. The summed E-state index contributed by atoms with van der Waals surface area (Å²) < 4.78 is 5.43. The van der Waals surface area contributed by atoms with E-state index in [1.165, 1.54) is 0 Å². The van der Waals surface area contributed by atoms with Crippen LogP contribution in [-0.4, -0.2) is 71.9 Å². The first kappa shape index (κ1) is 15.3. The predicted octanol–water partition coefficient (Wildman–Crippen LogP) is 1.58. The second kappa shape index (κ2) is 5.91. The van der Waals surface area contributed by atoms with Crippen molar-refractivity contribution in [1.29, 1.82) is 0 Å². The lowest BCUT2D eigenvalue weighted by atomic mass is 10.1. The lowest BCUT2D eigenvalue weighted by Crippen LogP contribution is -2.52. The monoisotopic (exact) mass is 316 g/mol. The van der Waals surface area contributed by atoms with Crippen molar-refractivity contribution in [2.75, 3.05) is 40.3 Å². The summed E-state index contributed by atoms with van der Waals surface area (Å²) in [6.45, 7) is 3.95.